The van der Waals surface area contributed by atoms with Crippen molar-refractivity contribution in [3.63, 3.8) is 0 Å². The Morgan fingerprint density at radius 3 is 2.73 bits per heavy atom. The lowest BCUT2D eigenvalue weighted by molar-refractivity contribution is -0.130. The lowest BCUT2D eigenvalue weighted by Crippen LogP contribution is -2.41. The highest BCUT2D eigenvalue weighted by molar-refractivity contribution is 7.87. The molecule has 8 heteroatoms. The van der Waals surface area contributed by atoms with Crippen molar-refractivity contribution in [2.75, 3.05) is 45.0 Å². The lowest BCUT2D eigenvalue weighted by atomic mass is 9.87. The van der Waals surface area contributed by atoms with Gasteiger partial charge in [0.15, 0.2) is 0 Å². The summed E-state index contributed by atoms with van der Waals surface area (Å²) in [5.74, 6) is 0.755. The summed E-state index contributed by atoms with van der Waals surface area (Å²) in [7, 11) is -3.51. The number of aryl methyl sites for hydroxylation is 1. The van der Waals surface area contributed by atoms with Crippen molar-refractivity contribution in [2.45, 2.75) is 71.3 Å². The SMILES string of the molecule is CCCN(CCCCN1CCNCCC1=O)C1CCc2cc(OS(=O)(=O)CCC)ccc2C1. The summed E-state index contributed by atoms with van der Waals surface area (Å²) in [5.41, 5.74) is 2.51. The van der Waals surface area contributed by atoms with E-state index in [4.69, 9.17) is 4.18 Å². The van der Waals surface area contributed by atoms with Gasteiger partial charge in [0.05, 0.1) is 5.75 Å². The molecule has 1 saturated heterocycles. The number of nitrogens with one attached hydrogen (secondary N) is 1. The van der Waals surface area contributed by atoms with Gasteiger partial charge < -0.3 is 19.3 Å². The second kappa shape index (κ2) is 12.7. The predicted octanol–water partition coefficient (Wildman–Crippen LogP) is 2.98. The van der Waals surface area contributed by atoms with E-state index in [1.54, 1.807) is 6.07 Å². The highest BCUT2D eigenvalue weighted by Crippen LogP contribution is 2.29. The molecule has 1 aromatic carbocycles. The van der Waals surface area contributed by atoms with Crippen LogP contribution in [-0.2, 0) is 27.8 Å². The monoisotopic (exact) mass is 479 g/mol. The van der Waals surface area contributed by atoms with Crippen molar-refractivity contribution >= 4 is 16.0 Å². The van der Waals surface area contributed by atoms with Crippen molar-refractivity contribution in [2.24, 2.45) is 0 Å². The number of amides is 1. The number of hydrogen-bond acceptors (Lipinski definition) is 6. The Kier molecular flexibility index (Phi) is 10.0. The number of hydrogen-bond donors (Lipinski definition) is 1. The second-order valence-electron chi connectivity index (χ2n) is 9.30. The van der Waals surface area contributed by atoms with Crippen molar-refractivity contribution < 1.29 is 17.4 Å². The summed E-state index contributed by atoms with van der Waals surface area (Å²) in [6.07, 6.45) is 7.45. The molecule has 1 aromatic rings. The van der Waals surface area contributed by atoms with Crippen LogP contribution in [-0.4, -0.2) is 75.2 Å². The number of nitrogens with zero attached hydrogens (tertiary/aromatic N) is 2. The molecule has 186 valence electrons. The first kappa shape index (κ1) is 26.0. The maximum absolute atomic E-state index is 12.2. The Hall–Kier alpha value is -1.64. The van der Waals surface area contributed by atoms with Crippen LogP contribution in [0.5, 0.6) is 5.75 Å². The van der Waals surface area contributed by atoms with Gasteiger partial charge in [0.2, 0.25) is 5.91 Å². The molecular weight excluding hydrogens is 438 g/mol. The molecule has 1 N–H and O–H groups in total. The van der Waals surface area contributed by atoms with Gasteiger partial charge in [0.25, 0.3) is 0 Å². The Morgan fingerprint density at radius 1 is 1.09 bits per heavy atom. The molecule has 0 saturated carbocycles. The Balaban J connectivity index is 1.52. The first-order chi connectivity index (χ1) is 15.9. The third-order valence-corrected chi connectivity index (χ3v) is 7.99. The van der Waals surface area contributed by atoms with Gasteiger partial charge in [0.1, 0.15) is 5.75 Å². The predicted molar refractivity (Wildman–Crippen MR) is 132 cm³/mol. The molecular formula is C25H41N3O4S. The number of unbranched alkanes of at least 4 members (excludes halogenated alkanes) is 1. The topological polar surface area (TPSA) is 79.0 Å². The van der Waals surface area contributed by atoms with Crippen LogP contribution >= 0.6 is 0 Å². The van der Waals surface area contributed by atoms with E-state index in [1.165, 1.54) is 11.1 Å². The van der Waals surface area contributed by atoms with Gasteiger partial charge in [-0.25, -0.2) is 0 Å². The number of benzene rings is 1. The zero-order chi connectivity index (χ0) is 23.7. The van der Waals surface area contributed by atoms with Crippen molar-refractivity contribution in [3.05, 3.63) is 29.3 Å². The second-order valence-corrected chi connectivity index (χ2v) is 11.0. The van der Waals surface area contributed by atoms with E-state index in [9.17, 15) is 13.2 Å². The van der Waals surface area contributed by atoms with Gasteiger partial charge in [-0.3, -0.25) is 4.79 Å². The van der Waals surface area contributed by atoms with E-state index >= 15 is 0 Å². The van der Waals surface area contributed by atoms with Gasteiger partial charge in [-0.1, -0.05) is 19.9 Å². The minimum Gasteiger partial charge on any atom is -0.382 e. The summed E-state index contributed by atoms with van der Waals surface area (Å²) >= 11 is 0. The van der Waals surface area contributed by atoms with Crippen LogP contribution in [0.4, 0.5) is 0 Å². The highest BCUT2D eigenvalue weighted by atomic mass is 32.2. The van der Waals surface area contributed by atoms with Crippen LogP contribution in [0.3, 0.4) is 0 Å². The van der Waals surface area contributed by atoms with Crippen LogP contribution in [0.25, 0.3) is 0 Å². The molecule has 2 aliphatic rings. The van der Waals surface area contributed by atoms with Gasteiger partial charge in [-0.2, -0.15) is 8.42 Å². The van der Waals surface area contributed by atoms with Gasteiger partial charge in [-0.15, -0.1) is 0 Å². The molecule has 1 aliphatic carbocycles. The third-order valence-electron chi connectivity index (χ3n) is 6.63. The smallest absolute Gasteiger partial charge is 0.309 e. The van der Waals surface area contributed by atoms with E-state index in [-0.39, 0.29) is 11.7 Å². The largest absolute Gasteiger partial charge is 0.382 e. The molecule has 1 heterocycles. The molecule has 3 rings (SSSR count). The van der Waals surface area contributed by atoms with Gasteiger partial charge in [0, 0.05) is 38.6 Å². The van der Waals surface area contributed by atoms with Crippen LogP contribution < -0.4 is 9.50 Å². The summed E-state index contributed by atoms with van der Waals surface area (Å²) < 4.78 is 29.3. The van der Waals surface area contributed by atoms with E-state index in [0.717, 1.165) is 77.8 Å². The van der Waals surface area contributed by atoms with Crippen LogP contribution in [0, 0.1) is 0 Å². The molecule has 0 aromatic heterocycles. The fourth-order valence-corrected chi connectivity index (χ4v) is 5.93. The average molecular weight is 480 g/mol. The van der Waals surface area contributed by atoms with E-state index < -0.39 is 10.1 Å². The molecule has 33 heavy (non-hydrogen) atoms. The standard InChI is InChI=1S/C25H41N3O4S/c1-3-14-27(15-5-6-16-28-17-13-26-12-11-25(28)29)23-9-7-22-20-24(10-8-21(22)19-23)32-33(30,31)18-4-2/h8,10,20,23,26H,3-7,9,11-19H2,1-2H3. The minimum absolute atomic E-state index is 0.0426. The molecule has 1 atom stereocenters. The zero-order valence-corrected chi connectivity index (χ0v) is 21.2. The number of carbonyl (C=O) groups excluding carboxylic acids is 1. The van der Waals surface area contributed by atoms with E-state index in [2.05, 4.69) is 17.1 Å². The van der Waals surface area contributed by atoms with Crippen LogP contribution in [0.1, 0.15) is 63.5 Å². The molecule has 0 radical (unpaired) electrons. The molecule has 7 nitrogen and oxygen atoms in total. The maximum Gasteiger partial charge on any atom is 0.309 e. The van der Waals surface area contributed by atoms with Crippen LogP contribution in [0.15, 0.2) is 18.2 Å². The molecule has 1 unspecified atom stereocenters. The Morgan fingerprint density at radius 2 is 1.94 bits per heavy atom. The third kappa shape index (κ3) is 7.97. The molecule has 1 amide bonds. The van der Waals surface area contributed by atoms with Crippen molar-refractivity contribution in [1.29, 1.82) is 0 Å². The Labute approximate surface area is 200 Å². The maximum atomic E-state index is 12.2. The normalized spacial score (nSPS) is 19.4. The number of carbonyl (C=O) groups is 1. The fraction of sp³-hybridized carbons (Fsp3) is 0.720. The molecule has 1 aliphatic heterocycles. The molecule has 0 spiro atoms. The van der Waals surface area contributed by atoms with Gasteiger partial charge in [-0.05, 0) is 81.3 Å². The first-order valence-corrected chi connectivity index (χ1v) is 14.3. The summed E-state index contributed by atoms with van der Waals surface area (Å²) in [5, 5.41) is 3.30. The van der Waals surface area contributed by atoms with Crippen LogP contribution in [0.2, 0.25) is 0 Å². The molecule has 0 bridgehead atoms. The summed E-state index contributed by atoms with van der Waals surface area (Å²) in [4.78, 5) is 16.8. The average Bonchev–Trinajstić information content (AvgIpc) is 2.99. The summed E-state index contributed by atoms with van der Waals surface area (Å²) in [6.45, 7) is 9.58. The molecule has 1 fully saturated rings. The zero-order valence-electron chi connectivity index (χ0n) is 20.4. The fourth-order valence-electron chi connectivity index (χ4n) is 4.95. The van der Waals surface area contributed by atoms with E-state index in [0.29, 0.717) is 24.6 Å². The first-order valence-electron chi connectivity index (χ1n) is 12.7. The van der Waals surface area contributed by atoms with Gasteiger partial charge >= 0.3 is 10.1 Å². The van der Waals surface area contributed by atoms with E-state index in [1.807, 2.05) is 24.0 Å². The lowest BCUT2D eigenvalue weighted by Gasteiger charge is -2.35. The minimum atomic E-state index is -3.51. The number of rotatable bonds is 12. The van der Waals surface area contributed by atoms with Crippen molar-refractivity contribution in [3.8, 4) is 5.75 Å². The van der Waals surface area contributed by atoms with Crippen molar-refractivity contribution in [1.82, 2.24) is 15.1 Å². The highest BCUT2D eigenvalue weighted by Gasteiger charge is 2.25. The number of fused-ring (bicyclic) bond motifs is 1. The Bertz CT molecular complexity index is 874. The quantitative estimate of drug-likeness (QED) is 0.367. The summed E-state index contributed by atoms with van der Waals surface area (Å²) in [6, 6.07) is 6.26.